The predicted octanol–water partition coefficient (Wildman–Crippen LogP) is 1.98. The van der Waals surface area contributed by atoms with Crippen LogP contribution in [0.4, 0.5) is 10.1 Å². The minimum Gasteiger partial charge on any atom is -0.478 e. The van der Waals surface area contributed by atoms with Crippen LogP contribution in [0.3, 0.4) is 0 Å². The fraction of sp³-hybridized carbons (Fsp3) is 0.429. The third kappa shape index (κ3) is 2.65. The molecule has 0 spiro atoms. The first kappa shape index (κ1) is 14.5. The van der Waals surface area contributed by atoms with Crippen molar-refractivity contribution in [2.45, 2.75) is 25.7 Å². The number of carbonyl (C=O) groups is 2. The van der Waals surface area contributed by atoms with Gasteiger partial charge in [0.15, 0.2) is 0 Å². The van der Waals surface area contributed by atoms with E-state index in [2.05, 4.69) is 5.32 Å². The van der Waals surface area contributed by atoms with Gasteiger partial charge in [0.1, 0.15) is 5.82 Å². The van der Waals surface area contributed by atoms with Gasteiger partial charge in [0, 0.05) is 6.54 Å². The van der Waals surface area contributed by atoms with E-state index >= 15 is 0 Å². The highest BCUT2D eigenvalue weighted by molar-refractivity contribution is 5.96. The summed E-state index contributed by atoms with van der Waals surface area (Å²) >= 11 is 0. The first-order chi connectivity index (χ1) is 9.48. The van der Waals surface area contributed by atoms with Crippen molar-refractivity contribution in [3.8, 4) is 0 Å². The summed E-state index contributed by atoms with van der Waals surface area (Å²) in [6.07, 6.45) is 3.27. The zero-order valence-corrected chi connectivity index (χ0v) is 11.0. The van der Waals surface area contributed by atoms with E-state index in [-0.39, 0.29) is 23.7 Å². The first-order valence-corrected chi connectivity index (χ1v) is 6.53. The Bertz CT molecular complexity index is 539. The Hall–Kier alpha value is -1.95. The van der Waals surface area contributed by atoms with Crippen LogP contribution in [-0.4, -0.2) is 23.5 Å². The Labute approximate surface area is 116 Å². The molecule has 1 fully saturated rings. The molecule has 6 heteroatoms. The molecule has 0 bridgehead atoms. The standard InChI is InChI=1S/C14H17FN2O3/c15-10-7-9(12(18)19)3-4-11(10)17-13(20)14(8-16)5-1-2-6-14/h3-4,7H,1-2,5-6,8,16H2,(H,17,20)(H,18,19). The molecule has 2 rings (SSSR count). The summed E-state index contributed by atoms with van der Waals surface area (Å²) in [5, 5.41) is 11.3. The lowest BCUT2D eigenvalue weighted by Gasteiger charge is -2.25. The van der Waals surface area contributed by atoms with Gasteiger partial charge in [-0.2, -0.15) is 0 Å². The molecular formula is C14H17FN2O3. The predicted molar refractivity (Wildman–Crippen MR) is 71.9 cm³/mol. The van der Waals surface area contributed by atoms with E-state index in [0.29, 0.717) is 12.8 Å². The van der Waals surface area contributed by atoms with E-state index in [1.54, 1.807) is 0 Å². The molecule has 1 aromatic carbocycles. The van der Waals surface area contributed by atoms with Gasteiger partial charge < -0.3 is 16.2 Å². The smallest absolute Gasteiger partial charge is 0.335 e. The van der Waals surface area contributed by atoms with Crippen molar-refractivity contribution >= 4 is 17.6 Å². The van der Waals surface area contributed by atoms with Crippen molar-refractivity contribution in [2.24, 2.45) is 11.1 Å². The number of benzene rings is 1. The van der Waals surface area contributed by atoms with E-state index in [1.807, 2.05) is 0 Å². The fourth-order valence-corrected chi connectivity index (χ4v) is 2.58. The topological polar surface area (TPSA) is 92.4 Å². The monoisotopic (exact) mass is 280 g/mol. The Balaban J connectivity index is 2.17. The Morgan fingerprint density at radius 3 is 2.50 bits per heavy atom. The molecule has 0 radical (unpaired) electrons. The van der Waals surface area contributed by atoms with Gasteiger partial charge in [0.05, 0.1) is 16.7 Å². The minimum atomic E-state index is -1.21. The Morgan fingerprint density at radius 2 is 2.00 bits per heavy atom. The van der Waals surface area contributed by atoms with Crippen LogP contribution in [0.2, 0.25) is 0 Å². The highest BCUT2D eigenvalue weighted by Gasteiger charge is 2.40. The highest BCUT2D eigenvalue weighted by Crippen LogP contribution is 2.38. The number of hydrogen-bond acceptors (Lipinski definition) is 3. The number of aromatic carboxylic acids is 1. The lowest BCUT2D eigenvalue weighted by molar-refractivity contribution is -0.124. The zero-order chi connectivity index (χ0) is 14.8. The van der Waals surface area contributed by atoms with Gasteiger partial charge in [-0.15, -0.1) is 0 Å². The highest BCUT2D eigenvalue weighted by atomic mass is 19.1. The average Bonchev–Trinajstić information content (AvgIpc) is 2.90. The molecule has 108 valence electrons. The molecule has 0 aromatic heterocycles. The van der Waals surface area contributed by atoms with Crippen molar-refractivity contribution < 1.29 is 19.1 Å². The summed E-state index contributed by atoms with van der Waals surface area (Å²) in [4.78, 5) is 23.0. The Morgan fingerprint density at radius 1 is 1.35 bits per heavy atom. The average molecular weight is 280 g/mol. The number of nitrogens with two attached hydrogens (primary N) is 1. The van der Waals surface area contributed by atoms with Crippen LogP contribution < -0.4 is 11.1 Å². The molecular weight excluding hydrogens is 263 g/mol. The fourth-order valence-electron chi connectivity index (χ4n) is 2.58. The second-order valence-corrected chi connectivity index (χ2v) is 5.15. The van der Waals surface area contributed by atoms with Gasteiger partial charge in [-0.05, 0) is 31.0 Å². The van der Waals surface area contributed by atoms with E-state index in [9.17, 15) is 14.0 Å². The maximum absolute atomic E-state index is 13.8. The van der Waals surface area contributed by atoms with Gasteiger partial charge >= 0.3 is 5.97 Å². The van der Waals surface area contributed by atoms with E-state index < -0.39 is 17.2 Å². The minimum absolute atomic E-state index is 0.0141. The number of amides is 1. The van der Waals surface area contributed by atoms with E-state index in [1.165, 1.54) is 12.1 Å². The largest absolute Gasteiger partial charge is 0.478 e. The number of carbonyl (C=O) groups excluding carboxylic acids is 1. The number of anilines is 1. The molecule has 0 saturated heterocycles. The Kier molecular flexibility index (Phi) is 4.04. The van der Waals surface area contributed by atoms with Crippen LogP contribution >= 0.6 is 0 Å². The van der Waals surface area contributed by atoms with Crippen molar-refractivity contribution in [1.82, 2.24) is 0 Å². The summed E-state index contributed by atoms with van der Waals surface area (Å²) in [6, 6.07) is 3.41. The van der Waals surface area contributed by atoms with Gasteiger partial charge in [-0.3, -0.25) is 4.79 Å². The summed E-state index contributed by atoms with van der Waals surface area (Å²) in [5.41, 5.74) is 4.89. The molecule has 1 saturated carbocycles. The van der Waals surface area contributed by atoms with Crippen LogP contribution in [0.5, 0.6) is 0 Å². The molecule has 1 amide bonds. The third-order valence-corrected chi connectivity index (χ3v) is 3.90. The second-order valence-electron chi connectivity index (χ2n) is 5.15. The number of halogens is 1. The quantitative estimate of drug-likeness (QED) is 0.786. The summed E-state index contributed by atoms with van der Waals surface area (Å²) in [6.45, 7) is 0.230. The number of rotatable bonds is 4. The maximum atomic E-state index is 13.8. The van der Waals surface area contributed by atoms with Gasteiger partial charge in [-0.25, -0.2) is 9.18 Å². The number of hydrogen-bond donors (Lipinski definition) is 3. The van der Waals surface area contributed by atoms with Crippen LogP contribution in [0.25, 0.3) is 0 Å². The molecule has 1 aromatic rings. The van der Waals surface area contributed by atoms with Crippen LogP contribution in [0.15, 0.2) is 18.2 Å². The maximum Gasteiger partial charge on any atom is 0.335 e. The molecule has 0 atom stereocenters. The van der Waals surface area contributed by atoms with Crippen LogP contribution in [0, 0.1) is 11.2 Å². The van der Waals surface area contributed by atoms with Crippen molar-refractivity contribution in [3.63, 3.8) is 0 Å². The summed E-state index contributed by atoms with van der Waals surface area (Å²) in [7, 11) is 0. The van der Waals surface area contributed by atoms with Gasteiger partial charge in [0.2, 0.25) is 5.91 Å². The van der Waals surface area contributed by atoms with E-state index in [4.69, 9.17) is 10.8 Å². The van der Waals surface area contributed by atoms with Gasteiger partial charge in [-0.1, -0.05) is 12.8 Å². The normalized spacial score (nSPS) is 16.9. The number of carboxylic acids is 1. The molecule has 0 heterocycles. The molecule has 0 unspecified atom stereocenters. The number of nitrogens with one attached hydrogen (secondary N) is 1. The van der Waals surface area contributed by atoms with Crippen LogP contribution in [0.1, 0.15) is 36.0 Å². The SMILES string of the molecule is NCC1(C(=O)Nc2ccc(C(=O)O)cc2F)CCCC1. The van der Waals surface area contributed by atoms with Crippen molar-refractivity contribution in [2.75, 3.05) is 11.9 Å². The van der Waals surface area contributed by atoms with Gasteiger partial charge in [0.25, 0.3) is 0 Å². The first-order valence-electron chi connectivity index (χ1n) is 6.53. The zero-order valence-electron chi connectivity index (χ0n) is 11.0. The molecule has 1 aliphatic rings. The van der Waals surface area contributed by atoms with Crippen molar-refractivity contribution in [3.05, 3.63) is 29.6 Å². The molecule has 1 aliphatic carbocycles. The molecule has 5 nitrogen and oxygen atoms in total. The lowest BCUT2D eigenvalue weighted by atomic mass is 9.85. The van der Waals surface area contributed by atoms with E-state index in [0.717, 1.165) is 18.9 Å². The molecule has 20 heavy (non-hydrogen) atoms. The molecule has 0 aliphatic heterocycles. The van der Waals surface area contributed by atoms with Crippen molar-refractivity contribution in [1.29, 1.82) is 0 Å². The lowest BCUT2D eigenvalue weighted by Crippen LogP contribution is -2.40. The summed E-state index contributed by atoms with van der Waals surface area (Å²) < 4.78 is 13.8. The summed E-state index contributed by atoms with van der Waals surface area (Å²) in [5.74, 6) is -2.26. The number of carboxylic acid groups (broad SMARTS) is 1. The second kappa shape index (κ2) is 5.58. The van der Waals surface area contributed by atoms with Crippen LogP contribution in [-0.2, 0) is 4.79 Å². The third-order valence-electron chi connectivity index (χ3n) is 3.90. The molecule has 4 N–H and O–H groups in total.